The summed E-state index contributed by atoms with van der Waals surface area (Å²) in [7, 11) is 0. The third kappa shape index (κ3) is 2.84. The van der Waals surface area contributed by atoms with E-state index in [0.29, 0.717) is 22.9 Å². The van der Waals surface area contributed by atoms with Crippen molar-refractivity contribution in [1.82, 2.24) is 4.98 Å². The molecule has 88 valence electrons. The van der Waals surface area contributed by atoms with Gasteiger partial charge in [0.1, 0.15) is 12.4 Å². The summed E-state index contributed by atoms with van der Waals surface area (Å²) in [6, 6.07) is 5.09. The van der Waals surface area contributed by atoms with E-state index in [4.69, 9.17) is 16.3 Å². The lowest BCUT2D eigenvalue weighted by atomic mass is 10.2. The largest absolute Gasteiger partial charge is 0.486 e. The first kappa shape index (κ1) is 12.1. The topological polar surface area (TPSA) is 39.2 Å². The second-order valence-corrected chi connectivity index (χ2v) is 5.14. The van der Waals surface area contributed by atoms with Crippen molar-refractivity contribution < 1.29 is 9.53 Å². The van der Waals surface area contributed by atoms with Crippen molar-refractivity contribution in [3.8, 4) is 5.75 Å². The number of aromatic nitrogens is 1. The number of aryl methyl sites for hydroxylation is 1. The van der Waals surface area contributed by atoms with Crippen molar-refractivity contribution in [3.63, 3.8) is 0 Å². The third-order valence-corrected chi connectivity index (χ3v) is 3.34. The average Bonchev–Trinajstić information content (AvgIpc) is 2.73. The van der Waals surface area contributed by atoms with Gasteiger partial charge < -0.3 is 4.74 Å². The zero-order valence-corrected chi connectivity index (χ0v) is 10.7. The molecule has 17 heavy (non-hydrogen) atoms. The first-order valence-electron chi connectivity index (χ1n) is 4.98. The van der Waals surface area contributed by atoms with Crippen LogP contribution in [0, 0.1) is 6.92 Å². The maximum absolute atomic E-state index is 10.8. The lowest BCUT2D eigenvalue weighted by Crippen LogP contribution is -1.97. The molecule has 2 aromatic rings. The Morgan fingerprint density at radius 2 is 2.35 bits per heavy atom. The van der Waals surface area contributed by atoms with Gasteiger partial charge in [0.25, 0.3) is 0 Å². The molecule has 3 nitrogen and oxygen atoms in total. The van der Waals surface area contributed by atoms with Crippen LogP contribution in [0.25, 0.3) is 0 Å². The molecule has 0 fully saturated rings. The molecule has 0 aliphatic heterocycles. The van der Waals surface area contributed by atoms with E-state index in [1.54, 1.807) is 35.7 Å². The van der Waals surface area contributed by atoms with Crippen LogP contribution in [0.4, 0.5) is 0 Å². The van der Waals surface area contributed by atoms with Crippen LogP contribution in [-0.4, -0.2) is 11.3 Å². The third-order valence-electron chi connectivity index (χ3n) is 2.15. The number of halogens is 1. The van der Waals surface area contributed by atoms with Gasteiger partial charge in [-0.15, -0.1) is 11.3 Å². The summed E-state index contributed by atoms with van der Waals surface area (Å²) >= 11 is 7.54. The van der Waals surface area contributed by atoms with Gasteiger partial charge in [-0.25, -0.2) is 4.98 Å². The Kier molecular flexibility index (Phi) is 3.76. The summed E-state index contributed by atoms with van der Waals surface area (Å²) in [5.41, 5.74) is 0.457. The minimum atomic E-state index is 0.371. The van der Waals surface area contributed by atoms with Crippen molar-refractivity contribution in [1.29, 1.82) is 0 Å². The van der Waals surface area contributed by atoms with Gasteiger partial charge in [-0.2, -0.15) is 0 Å². The SMILES string of the molecule is Cc1ncc(COc2c(Cl)cccc2C=O)s1. The zero-order valence-electron chi connectivity index (χ0n) is 9.14. The van der Waals surface area contributed by atoms with E-state index in [1.807, 2.05) is 6.92 Å². The molecule has 0 amide bonds. The maximum Gasteiger partial charge on any atom is 0.153 e. The molecule has 0 saturated carbocycles. The molecule has 0 spiro atoms. The number of rotatable bonds is 4. The van der Waals surface area contributed by atoms with Gasteiger partial charge in [0, 0.05) is 6.20 Å². The average molecular weight is 268 g/mol. The molecule has 0 bridgehead atoms. The second-order valence-electron chi connectivity index (χ2n) is 3.41. The number of ether oxygens (including phenoxy) is 1. The molecule has 0 aliphatic carbocycles. The van der Waals surface area contributed by atoms with E-state index >= 15 is 0 Å². The molecule has 0 radical (unpaired) electrons. The zero-order chi connectivity index (χ0) is 12.3. The molecule has 0 unspecified atom stereocenters. The van der Waals surface area contributed by atoms with Gasteiger partial charge in [-0.05, 0) is 19.1 Å². The molecule has 0 aliphatic rings. The molecule has 1 aromatic carbocycles. The van der Waals surface area contributed by atoms with Crippen LogP contribution in [0.1, 0.15) is 20.2 Å². The van der Waals surface area contributed by atoms with Crippen LogP contribution < -0.4 is 4.74 Å². The van der Waals surface area contributed by atoms with Crippen molar-refractivity contribution >= 4 is 29.2 Å². The first-order valence-corrected chi connectivity index (χ1v) is 6.18. The molecule has 0 N–H and O–H groups in total. The Hall–Kier alpha value is -1.39. The molecular formula is C12H10ClNO2S. The number of carbonyl (C=O) groups excluding carboxylic acids is 1. The van der Waals surface area contributed by atoms with E-state index in [1.165, 1.54) is 0 Å². The predicted octanol–water partition coefficient (Wildman–Crippen LogP) is 3.50. The smallest absolute Gasteiger partial charge is 0.153 e. The highest BCUT2D eigenvalue weighted by atomic mass is 35.5. The van der Waals surface area contributed by atoms with Gasteiger partial charge in [0.05, 0.1) is 20.5 Å². The number of hydrogen-bond acceptors (Lipinski definition) is 4. The number of hydrogen-bond donors (Lipinski definition) is 0. The normalized spacial score (nSPS) is 10.2. The molecule has 1 heterocycles. The van der Waals surface area contributed by atoms with Crippen LogP contribution in [0.3, 0.4) is 0 Å². The molecular weight excluding hydrogens is 258 g/mol. The highest BCUT2D eigenvalue weighted by molar-refractivity contribution is 7.11. The molecule has 0 atom stereocenters. The highest BCUT2D eigenvalue weighted by Crippen LogP contribution is 2.28. The van der Waals surface area contributed by atoms with E-state index in [-0.39, 0.29) is 0 Å². The van der Waals surface area contributed by atoms with Gasteiger partial charge in [0.15, 0.2) is 6.29 Å². The van der Waals surface area contributed by atoms with Crippen molar-refractivity contribution in [2.24, 2.45) is 0 Å². The van der Waals surface area contributed by atoms with E-state index in [9.17, 15) is 4.79 Å². The summed E-state index contributed by atoms with van der Waals surface area (Å²) < 4.78 is 5.57. The molecule has 1 aromatic heterocycles. The number of nitrogens with zero attached hydrogens (tertiary/aromatic N) is 1. The first-order chi connectivity index (χ1) is 8.20. The van der Waals surface area contributed by atoms with E-state index < -0.39 is 0 Å². The number of benzene rings is 1. The minimum Gasteiger partial charge on any atom is -0.486 e. The van der Waals surface area contributed by atoms with Crippen molar-refractivity contribution in [2.45, 2.75) is 13.5 Å². The monoisotopic (exact) mass is 267 g/mol. The van der Waals surface area contributed by atoms with Crippen LogP contribution in [0.5, 0.6) is 5.75 Å². The lowest BCUT2D eigenvalue weighted by molar-refractivity contribution is 0.111. The fourth-order valence-electron chi connectivity index (χ4n) is 1.39. The number of thiazole rings is 1. The number of aldehydes is 1. The second kappa shape index (κ2) is 5.29. The molecule has 2 rings (SSSR count). The van der Waals surface area contributed by atoms with E-state index in [2.05, 4.69) is 4.98 Å². The van der Waals surface area contributed by atoms with Gasteiger partial charge in [0.2, 0.25) is 0 Å². The number of para-hydroxylation sites is 1. The Morgan fingerprint density at radius 3 is 3.00 bits per heavy atom. The summed E-state index contributed by atoms with van der Waals surface area (Å²) in [4.78, 5) is 16.0. The van der Waals surface area contributed by atoms with Crippen molar-refractivity contribution in [3.05, 3.63) is 44.9 Å². The van der Waals surface area contributed by atoms with Crippen molar-refractivity contribution in [2.75, 3.05) is 0 Å². The minimum absolute atomic E-state index is 0.371. The van der Waals surface area contributed by atoms with Gasteiger partial charge in [-0.1, -0.05) is 17.7 Å². The summed E-state index contributed by atoms with van der Waals surface area (Å²) in [5, 5.41) is 1.43. The quantitative estimate of drug-likeness (QED) is 0.796. The molecule has 0 saturated heterocycles. The Balaban J connectivity index is 2.16. The predicted molar refractivity (Wildman–Crippen MR) is 68.0 cm³/mol. The molecule has 5 heteroatoms. The fourth-order valence-corrected chi connectivity index (χ4v) is 2.33. The van der Waals surface area contributed by atoms with Crippen LogP contribution in [0.15, 0.2) is 24.4 Å². The van der Waals surface area contributed by atoms with Gasteiger partial charge >= 0.3 is 0 Å². The fraction of sp³-hybridized carbons (Fsp3) is 0.167. The van der Waals surface area contributed by atoms with E-state index in [0.717, 1.165) is 16.2 Å². The highest BCUT2D eigenvalue weighted by Gasteiger charge is 2.08. The van der Waals surface area contributed by atoms with Crippen LogP contribution >= 0.6 is 22.9 Å². The Morgan fingerprint density at radius 1 is 1.53 bits per heavy atom. The van der Waals surface area contributed by atoms with Crippen LogP contribution in [0.2, 0.25) is 5.02 Å². The summed E-state index contributed by atoms with van der Waals surface area (Å²) in [5.74, 6) is 0.426. The summed E-state index contributed by atoms with van der Waals surface area (Å²) in [6.45, 7) is 2.30. The van der Waals surface area contributed by atoms with Crippen LogP contribution in [-0.2, 0) is 6.61 Å². The Labute approximate surface area is 108 Å². The summed E-state index contributed by atoms with van der Waals surface area (Å²) in [6.07, 6.45) is 2.50. The lowest BCUT2D eigenvalue weighted by Gasteiger charge is -2.08. The maximum atomic E-state index is 10.8. The standard InChI is InChI=1S/C12H10ClNO2S/c1-8-14-5-10(17-8)7-16-12-9(6-15)3-2-4-11(12)13/h2-6H,7H2,1H3. The number of carbonyl (C=O) groups is 1. The van der Waals surface area contributed by atoms with Gasteiger partial charge in [-0.3, -0.25) is 4.79 Å². The Bertz CT molecular complexity index is 539.